The van der Waals surface area contributed by atoms with Crippen molar-refractivity contribution >= 4 is 23.0 Å². The zero-order valence-corrected chi connectivity index (χ0v) is 13.7. The number of hydrogen-bond acceptors (Lipinski definition) is 6. The van der Waals surface area contributed by atoms with Crippen molar-refractivity contribution in [3.05, 3.63) is 28.5 Å². The van der Waals surface area contributed by atoms with Crippen LogP contribution in [-0.2, 0) is 6.42 Å². The maximum Gasteiger partial charge on any atom is 0.134 e. The molecule has 0 unspecified atom stereocenters. The van der Waals surface area contributed by atoms with Crippen LogP contribution < -0.4 is 10.6 Å². The summed E-state index contributed by atoms with van der Waals surface area (Å²) in [6.07, 6.45) is 3.60. The topological polar surface area (TPSA) is 62.7 Å². The van der Waals surface area contributed by atoms with Gasteiger partial charge >= 0.3 is 0 Å². The lowest BCUT2D eigenvalue weighted by atomic mass is 10.0. The molecule has 0 bridgehead atoms. The summed E-state index contributed by atoms with van der Waals surface area (Å²) in [6.45, 7) is 8.24. The molecular formula is C15H23N5S. The van der Waals surface area contributed by atoms with E-state index in [-0.39, 0.29) is 0 Å². The number of aromatic nitrogens is 3. The lowest BCUT2D eigenvalue weighted by Crippen LogP contribution is -2.13. The number of nitrogens with zero attached hydrogens (tertiary/aromatic N) is 3. The van der Waals surface area contributed by atoms with Gasteiger partial charge in [-0.05, 0) is 12.3 Å². The molecule has 0 amide bonds. The second-order valence-corrected chi connectivity index (χ2v) is 5.94. The molecule has 0 aliphatic carbocycles. The van der Waals surface area contributed by atoms with E-state index in [4.69, 9.17) is 0 Å². The number of thiazole rings is 1. The third kappa shape index (κ3) is 4.39. The number of rotatable bonds is 8. The molecule has 0 saturated heterocycles. The van der Waals surface area contributed by atoms with E-state index in [1.54, 1.807) is 17.7 Å². The van der Waals surface area contributed by atoms with Gasteiger partial charge < -0.3 is 10.6 Å². The fourth-order valence-corrected chi connectivity index (χ4v) is 2.73. The molecule has 0 atom stereocenters. The zero-order valence-electron chi connectivity index (χ0n) is 12.9. The van der Waals surface area contributed by atoms with Gasteiger partial charge in [0.2, 0.25) is 0 Å². The van der Waals surface area contributed by atoms with Crippen LogP contribution in [0.1, 0.15) is 44.4 Å². The van der Waals surface area contributed by atoms with Crippen LogP contribution in [0, 0.1) is 0 Å². The molecule has 2 aromatic rings. The minimum atomic E-state index is 0.368. The fraction of sp³-hybridized carbons (Fsp3) is 0.533. The molecular weight excluding hydrogens is 282 g/mol. The first-order valence-electron chi connectivity index (χ1n) is 7.42. The van der Waals surface area contributed by atoms with E-state index in [9.17, 15) is 0 Å². The van der Waals surface area contributed by atoms with Crippen LogP contribution in [0.15, 0.2) is 17.2 Å². The summed E-state index contributed by atoms with van der Waals surface area (Å²) in [5, 5.41) is 8.89. The van der Waals surface area contributed by atoms with Crippen molar-refractivity contribution < 1.29 is 0 Å². The Hall–Kier alpha value is -1.69. The van der Waals surface area contributed by atoms with E-state index in [1.165, 1.54) is 0 Å². The van der Waals surface area contributed by atoms with Gasteiger partial charge in [0, 0.05) is 30.5 Å². The minimum absolute atomic E-state index is 0.368. The summed E-state index contributed by atoms with van der Waals surface area (Å²) in [6, 6.07) is 0. The molecule has 2 aromatic heterocycles. The number of anilines is 2. The summed E-state index contributed by atoms with van der Waals surface area (Å²) in [7, 11) is 0. The average molecular weight is 305 g/mol. The Labute approximate surface area is 130 Å². The van der Waals surface area contributed by atoms with Gasteiger partial charge in [0.1, 0.15) is 18.0 Å². The Morgan fingerprint density at radius 3 is 2.38 bits per heavy atom. The van der Waals surface area contributed by atoms with Crippen LogP contribution in [0.5, 0.6) is 0 Å². The Bertz CT molecular complexity index is 539. The monoisotopic (exact) mass is 305 g/mol. The van der Waals surface area contributed by atoms with E-state index in [1.807, 2.05) is 5.51 Å². The maximum absolute atomic E-state index is 4.41. The molecule has 0 radical (unpaired) electrons. The van der Waals surface area contributed by atoms with Crippen molar-refractivity contribution in [2.45, 2.75) is 39.5 Å². The van der Waals surface area contributed by atoms with Crippen molar-refractivity contribution in [3.63, 3.8) is 0 Å². The summed E-state index contributed by atoms with van der Waals surface area (Å²) in [5.41, 5.74) is 4.15. The van der Waals surface area contributed by atoms with Gasteiger partial charge in [0.25, 0.3) is 0 Å². The highest BCUT2D eigenvalue weighted by atomic mass is 32.1. The summed E-state index contributed by atoms with van der Waals surface area (Å²) in [4.78, 5) is 13.1. The largest absolute Gasteiger partial charge is 0.370 e. The van der Waals surface area contributed by atoms with Crippen molar-refractivity contribution in [1.82, 2.24) is 15.0 Å². The molecule has 0 aromatic carbocycles. The van der Waals surface area contributed by atoms with Gasteiger partial charge in [-0.25, -0.2) is 15.0 Å². The van der Waals surface area contributed by atoms with E-state index < -0.39 is 0 Å². The summed E-state index contributed by atoms with van der Waals surface area (Å²) >= 11 is 1.63. The van der Waals surface area contributed by atoms with Crippen molar-refractivity contribution in [2.75, 3.05) is 23.7 Å². The molecule has 6 heteroatoms. The highest BCUT2D eigenvalue weighted by molar-refractivity contribution is 7.07. The van der Waals surface area contributed by atoms with Crippen LogP contribution >= 0.6 is 11.3 Å². The van der Waals surface area contributed by atoms with E-state index in [0.717, 1.165) is 48.8 Å². The highest BCUT2D eigenvalue weighted by Gasteiger charge is 2.14. The molecule has 0 fully saturated rings. The molecule has 0 saturated carbocycles. The standard InChI is InChI=1S/C15H23N5S/c1-4-6-16-14-13(11(2)3)15(19-9-18-14)17-7-5-12-8-21-10-20-12/h8-11H,4-7H2,1-3H3,(H2,16,17,18,19). The first-order valence-corrected chi connectivity index (χ1v) is 8.36. The predicted octanol–water partition coefficient (Wildman–Crippen LogP) is 3.53. The normalized spacial score (nSPS) is 10.9. The third-order valence-corrected chi connectivity index (χ3v) is 3.80. The lowest BCUT2D eigenvalue weighted by Gasteiger charge is -2.17. The van der Waals surface area contributed by atoms with Crippen LogP contribution in [-0.4, -0.2) is 28.0 Å². The molecule has 114 valence electrons. The molecule has 0 aliphatic rings. The molecule has 2 heterocycles. The van der Waals surface area contributed by atoms with Crippen molar-refractivity contribution in [2.24, 2.45) is 0 Å². The Balaban J connectivity index is 2.06. The van der Waals surface area contributed by atoms with E-state index in [2.05, 4.69) is 51.7 Å². The molecule has 5 nitrogen and oxygen atoms in total. The van der Waals surface area contributed by atoms with Gasteiger partial charge in [-0.1, -0.05) is 20.8 Å². The van der Waals surface area contributed by atoms with Crippen LogP contribution in [0.25, 0.3) is 0 Å². The molecule has 0 spiro atoms. The second kappa shape index (κ2) is 7.93. The highest BCUT2D eigenvalue weighted by Crippen LogP contribution is 2.28. The fourth-order valence-electron chi connectivity index (χ4n) is 2.14. The first kappa shape index (κ1) is 15.7. The zero-order chi connectivity index (χ0) is 15.1. The molecule has 2 rings (SSSR count). The SMILES string of the molecule is CCCNc1ncnc(NCCc2cscn2)c1C(C)C. The third-order valence-electron chi connectivity index (χ3n) is 3.16. The lowest BCUT2D eigenvalue weighted by molar-refractivity contribution is 0.836. The molecule has 0 aliphatic heterocycles. The predicted molar refractivity (Wildman–Crippen MR) is 89.2 cm³/mol. The Morgan fingerprint density at radius 2 is 1.81 bits per heavy atom. The molecule has 21 heavy (non-hydrogen) atoms. The second-order valence-electron chi connectivity index (χ2n) is 5.22. The van der Waals surface area contributed by atoms with Gasteiger partial charge in [-0.2, -0.15) is 0 Å². The van der Waals surface area contributed by atoms with Crippen LogP contribution in [0.3, 0.4) is 0 Å². The van der Waals surface area contributed by atoms with Gasteiger partial charge in [-0.15, -0.1) is 11.3 Å². The quantitative estimate of drug-likeness (QED) is 0.781. The first-order chi connectivity index (χ1) is 10.2. The van der Waals surface area contributed by atoms with E-state index in [0.29, 0.717) is 5.92 Å². The van der Waals surface area contributed by atoms with Crippen molar-refractivity contribution in [3.8, 4) is 0 Å². The minimum Gasteiger partial charge on any atom is -0.370 e. The molecule has 2 N–H and O–H groups in total. The van der Waals surface area contributed by atoms with Gasteiger partial charge in [-0.3, -0.25) is 0 Å². The Morgan fingerprint density at radius 1 is 1.10 bits per heavy atom. The van der Waals surface area contributed by atoms with Gasteiger partial charge in [0.05, 0.1) is 11.2 Å². The van der Waals surface area contributed by atoms with Gasteiger partial charge in [0.15, 0.2) is 0 Å². The summed E-state index contributed by atoms with van der Waals surface area (Å²) in [5.74, 6) is 2.24. The number of hydrogen-bond donors (Lipinski definition) is 2. The summed E-state index contributed by atoms with van der Waals surface area (Å²) < 4.78 is 0. The smallest absolute Gasteiger partial charge is 0.134 e. The van der Waals surface area contributed by atoms with Crippen LogP contribution in [0.4, 0.5) is 11.6 Å². The average Bonchev–Trinajstić information content (AvgIpc) is 2.98. The Kier molecular flexibility index (Phi) is 5.92. The number of nitrogens with one attached hydrogen (secondary N) is 2. The van der Waals surface area contributed by atoms with E-state index >= 15 is 0 Å². The van der Waals surface area contributed by atoms with Crippen molar-refractivity contribution in [1.29, 1.82) is 0 Å². The maximum atomic E-state index is 4.41. The van der Waals surface area contributed by atoms with Crippen LogP contribution in [0.2, 0.25) is 0 Å².